The predicted molar refractivity (Wildman–Crippen MR) is 74.5 cm³/mol. The first kappa shape index (κ1) is 13.4. The van der Waals surface area contributed by atoms with E-state index in [9.17, 15) is 4.79 Å². The molecule has 0 fully saturated rings. The molecule has 1 aromatic carbocycles. The van der Waals surface area contributed by atoms with Crippen molar-refractivity contribution in [3.63, 3.8) is 0 Å². The lowest BCUT2D eigenvalue weighted by molar-refractivity contribution is 0.0567. The predicted octanol–water partition coefficient (Wildman–Crippen LogP) is 2.44. The Hall–Kier alpha value is -2.08. The van der Waals surface area contributed by atoms with Gasteiger partial charge in [-0.3, -0.25) is 0 Å². The molecule has 0 aliphatic rings. The smallest absolute Gasteiger partial charge is 0.373 e. The van der Waals surface area contributed by atoms with Gasteiger partial charge in [-0.05, 0) is 36.5 Å². The number of thiocarbonyl (C=S) groups is 1. The Morgan fingerprint density at radius 2 is 2.05 bits per heavy atom. The van der Waals surface area contributed by atoms with Gasteiger partial charge in [-0.25, -0.2) is 4.79 Å². The minimum Gasteiger partial charge on any atom is -0.463 e. The van der Waals surface area contributed by atoms with Crippen LogP contribution >= 0.6 is 12.2 Å². The molecule has 6 heteroatoms. The van der Waals surface area contributed by atoms with E-state index in [1.54, 1.807) is 43.3 Å². The Morgan fingerprint density at radius 3 is 2.68 bits per heavy atom. The van der Waals surface area contributed by atoms with E-state index in [1.165, 1.54) is 7.11 Å². The van der Waals surface area contributed by atoms with Gasteiger partial charge in [0.15, 0.2) is 0 Å². The van der Waals surface area contributed by atoms with Gasteiger partial charge in [0.2, 0.25) is 5.76 Å². The number of fused-ring (bicyclic) bond motifs is 1. The first-order valence-corrected chi connectivity index (χ1v) is 5.93. The second-order valence-electron chi connectivity index (χ2n) is 4.06. The van der Waals surface area contributed by atoms with Crippen molar-refractivity contribution in [2.45, 2.75) is 0 Å². The van der Waals surface area contributed by atoms with Crippen LogP contribution in [-0.4, -0.2) is 37.2 Å². The van der Waals surface area contributed by atoms with Crippen molar-refractivity contribution in [2.24, 2.45) is 0 Å². The number of hydrogen-bond donors (Lipinski definition) is 0. The highest BCUT2D eigenvalue weighted by atomic mass is 32.1. The second kappa shape index (κ2) is 5.27. The molecule has 0 unspecified atom stereocenters. The van der Waals surface area contributed by atoms with E-state index in [1.807, 2.05) is 0 Å². The van der Waals surface area contributed by atoms with Crippen molar-refractivity contribution in [1.82, 2.24) is 4.90 Å². The lowest BCUT2D eigenvalue weighted by Gasteiger charge is -2.13. The summed E-state index contributed by atoms with van der Waals surface area (Å²) in [6.07, 6.45) is 0. The Kier molecular flexibility index (Phi) is 3.71. The Bertz CT molecular complexity index is 633. The standard InChI is InChI=1S/C13H13NO4S/c1-14(2)13(19)17-9-4-5-10-8(6-9)7-11(18-10)12(15)16-3/h4-7H,1-3H3. The van der Waals surface area contributed by atoms with Gasteiger partial charge in [-0.1, -0.05) is 0 Å². The molecule has 0 bridgehead atoms. The zero-order chi connectivity index (χ0) is 14.0. The molecule has 1 aromatic heterocycles. The SMILES string of the molecule is COC(=O)c1cc2cc(OC(=S)N(C)C)ccc2o1. The normalized spacial score (nSPS) is 10.3. The zero-order valence-corrected chi connectivity index (χ0v) is 11.6. The third kappa shape index (κ3) is 2.85. The van der Waals surface area contributed by atoms with Gasteiger partial charge in [-0.2, -0.15) is 0 Å². The molecule has 0 N–H and O–H groups in total. The fourth-order valence-corrected chi connectivity index (χ4v) is 1.57. The molecule has 0 spiro atoms. The highest BCUT2D eigenvalue weighted by Gasteiger charge is 2.13. The molecule has 2 aromatic rings. The number of rotatable bonds is 2. The third-order valence-corrected chi connectivity index (χ3v) is 2.89. The van der Waals surface area contributed by atoms with Crippen molar-refractivity contribution in [3.8, 4) is 5.75 Å². The first-order chi connectivity index (χ1) is 9.01. The summed E-state index contributed by atoms with van der Waals surface area (Å²) in [5.41, 5.74) is 0.587. The van der Waals surface area contributed by atoms with Crippen LogP contribution in [0.1, 0.15) is 10.6 Å². The number of esters is 1. The number of carbonyl (C=O) groups excluding carboxylic acids is 1. The maximum Gasteiger partial charge on any atom is 0.373 e. The van der Waals surface area contributed by atoms with E-state index in [-0.39, 0.29) is 5.76 Å². The van der Waals surface area contributed by atoms with E-state index in [0.717, 1.165) is 5.39 Å². The summed E-state index contributed by atoms with van der Waals surface area (Å²) in [5.74, 6) is 0.232. The molecule has 0 radical (unpaired) electrons. The van der Waals surface area contributed by atoms with Gasteiger partial charge in [0.25, 0.3) is 5.17 Å². The van der Waals surface area contributed by atoms with Crippen LogP contribution in [0, 0.1) is 0 Å². The van der Waals surface area contributed by atoms with Crippen LogP contribution in [0.5, 0.6) is 5.75 Å². The maximum absolute atomic E-state index is 11.4. The minimum absolute atomic E-state index is 0.157. The number of benzene rings is 1. The molecular formula is C13H13NO4S. The van der Waals surface area contributed by atoms with Crippen LogP contribution in [0.2, 0.25) is 0 Å². The first-order valence-electron chi connectivity index (χ1n) is 5.52. The lowest BCUT2D eigenvalue weighted by atomic mass is 10.2. The summed E-state index contributed by atoms with van der Waals surface area (Å²) < 4.78 is 15.4. The molecule has 0 atom stereocenters. The van der Waals surface area contributed by atoms with Gasteiger partial charge in [0.05, 0.1) is 7.11 Å². The molecule has 1 heterocycles. The van der Waals surface area contributed by atoms with Gasteiger partial charge >= 0.3 is 5.97 Å². The Morgan fingerprint density at radius 1 is 1.32 bits per heavy atom. The fraction of sp³-hybridized carbons (Fsp3) is 0.231. The van der Waals surface area contributed by atoms with Crippen LogP contribution < -0.4 is 4.74 Å². The van der Waals surface area contributed by atoms with Crippen LogP contribution in [0.15, 0.2) is 28.7 Å². The number of ether oxygens (including phenoxy) is 2. The molecule has 2 rings (SSSR count). The van der Waals surface area contributed by atoms with Crippen molar-refractivity contribution in [3.05, 3.63) is 30.0 Å². The summed E-state index contributed by atoms with van der Waals surface area (Å²) in [4.78, 5) is 13.0. The van der Waals surface area contributed by atoms with Crippen LogP contribution in [0.3, 0.4) is 0 Å². The summed E-state index contributed by atoms with van der Waals surface area (Å²) in [6, 6.07) is 6.80. The Labute approximate surface area is 115 Å². The van der Waals surface area contributed by atoms with E-state index in [2.05, 4.69) is 4.74 Å². The minimum atomic E-state index is -0.512. The van der Waals surface area contributed by atoms with Crippen LogP contribution in [-0.2, 0) is 4.74 Å². The summed E-state index contributed by atoms with van der Waals surface area (Å²) >= 11 is 5.05. The van der Waals surface area contributed by atoms with Crippen molar-refractivity contribution >= 4 is 34.3 Å². The van der Waals surface area contributed by atoms with E-state index in [0.29, 0.717) is 16.5 Å². The van der Waals surface area contributed by atoms with Crippen molar-refractivity contribution in [2.75, 3.05) is 21.2 Å². The van der Waals surface area contributed by atoms with Gasteiger partial charge in [0.1, 0.15) is 11.3 Å². The maximum atomic E-state index is 11.4. The molecule has 100 valence electrons. The Balaban J connectivity index is 2.30. The second-order valence-corrected chi connectivity index (χ2v) is 4.41. The number of carbonyl (C=O) groups is 1. The third-order valence-electron chi connectivity index (χ3n) is 2.44. The van der Waals surface area contributed by atoms with Crippen molar-refractivity contribution in [1.29, 1.82) is 0 Å². The van der Waals surface area contributed by atoms with Gasteiger partial charge in [-0.15, -0.1) is 0 Å². The highest BCUT2D eigenvalue weighted by Crippen LogP contribution is 2.25. The molecule has 0 saturated carbocycles. The monoisotopic (exact) mass is 279 g/mol. The average Bonchev–Trinajstić information content (AvgIpc) is 2.80. The zero-order valence-electron chi connectivity index (χ0n) is 10.8. The van der Waals surface area contributed by atoms with Crippen LogP contribution in [0.4, 0.5) is 0 Å². The number of furan rings is 1. The molecule has 0 saturated heterocycles. The van der Waals surface area contributed by atoms with Gasteiger partial charge < -0.3 is 18.8 Å². The van der Waals surface area contributed by atoms with Crippen molar-refractivity contribution < 1.29 is 18.7 Å². The average molecular weight is 279 g/mol. The summed E-state index contributed by atoms with van der Waals surface area (Å²) in [5, 5.41) is 1.11. The van der Waals surface area contributed by atoms with Gasteiger partial charge in [0, 0.05) is 19.5 Å². The fourth-order valence-electron chi connectivity index (χ4n) is 1.48. The van der Waals surface area contributed by atoms with E-state index >= 15 is 0 Å². The summed E-state index contributed by atoms with van der Waals surface area (Å²) in [6.45, 7) is 0. The molecule has 0 aliphatic heterocycles. The van der Waals surface area contributed by atoms with E-state index in [4.69, 9.17) is 21.4 Å². The quantitative estimate of drug-likeness (QED) is 0.621. The summed E-state index contributed by atoms with van der Waals surface area (Å²) in [7, 11) is 4.90. The molecular weight excluding hydrogens is 266 g/mol. The molecule has 0 amide bonds. The van der Waals surface area contributed by atoms with Crippen LogP contribution in [0.25, 0.3) is 11.0 Å². The lowest BCUT2D eigenvalue weighted by Crippen LogP contribution is -2.24. The van der Waals surface area contributed by atoms with E-state index < -0.39 is 5.97 Å². The molecule has 19 heavy (non-hydrogen) atoms. The highest BCUT2D eigenvalue weighted by molar-refractivity contribution is 7.80. The largest absolute Gasteiger partial charge is 0.463 e. The number of nitrogens with zero attached hydrogens (tertiary/aromatic N) is 1. The number of hydrogen-bond acceptors (Lipinski definition) is 5. The molecule has 5 nitrogen and oxygen atoms in total. The topological polar surface area (TPSA) is 51.9 Å². The number of methoxy groups -OCH3 is 1. The molecule has 0 aliphatic carbocycles.